The molecule has 1 aromatic heterocycles. The molecule has 0 aliphatic heterocycles. The standard InChI is InChI=1S/C25H27NO4/c1-25(2,3)18-12-9-13-19(14-18)26-16-21(24(28)30-5)20(15-22(27)29-4)23(26)17-10-7-6-8-11-17/h6-14,16H,15H2,1-5H3. The van der Waals surface area contributed by atoms with Crippen molar-refractivity contribution in [1.29, 1.82) is 0 Å². The molecule has 0 bridgehead atoms. The summed E-state index contributed by atoms with van der Waals surface area (Å²) < 4.78 is 11.9. The van der Waals surface area contributed by atoms with Gasteiger partial charge in [0.05, 0.1) is 31.9 Å². The summed E-state index contributed by atoms with van der Waals surface area (Å²) in [5.41, 5.74) is 4.64. The minimum atomic E-state index is -0.489. The molecule has 2 aromatic carbocycles. The number of methoxy groups -OCH3 is 2. The van der Waals surface area contributed by atoms with E-state index < -0.39 is 11.9 Å². The molecule has 30 heavy (non-hydrogen) atoms. The molecule has 3 rings (SSSR count). The third-order valence-electron chi connectivity index (χ3n) is 5.10. The number of carbonyl (C=O) groups is 2. The number of hydrogen-bond donors (Lipinski definition) is 0. The van der Waals surface area contributed by atoms with Crippen LogP contribution in [0.1, 0.15) is 42.3 Å². The zero-order valence-electron chi connectivity index (χ0n) is 18.1. The molecular weight excluding hydrogens is 378 g/mol. The van der Waals surface area contributed by atoms with Gasteiger partial charge in [-0.2, -0.15) is 0 Å². The van der Waals surface area contributed by atoms with Crippen molar-refractivity contribution in [3.63, 3.8) is 0 Å². The molecule has 0 saturated heterocycles. The summed E-state index contributed by atoms with van der Waals surface area (Å²) in [4.78, 5) is 24.7. The van der Waals surface area contributed by atoms with Crippen molar-refractivity contribution in [2.24, 2.45) is 0 Å². The van der Waals surface area contributed by atoms with Gasteiger partial charge >= 0.3 is 11.9 Å². The summed E-state index contributed by atoms with van der Waals surface area (Å²) >= 11 is 0. The van der Waals surface area contributed by atoms with E-state index in [2.05, 4.69) is 32.9 Å². The van der Waals surface area contributed by atoms with Crippen molar-refractivity contribution >= 4 is 11.9 Å². The summed E-state index contributed by atoms with van der Waals surface area (Å²) in [6, 6.07) is 17.9. The Kier molecular flexibility index (Phi) is 6.11. The van der Waals surface area contributed by atoms with Crippen LogP contribution in [0, 0.1) is 0 Å². The van der Waals surface area contributed by atoms with Crippen LogP contribution < -0.4 is 0 Å². The van der Waals surface area contributed by atoms with E-state index in [0.29, 0.717) is 11.1 Å². The van der Waals surface area contributed by atoms with Crippen molar-refractivity contribution in [3.05, 3.63) is 77.5 Å². The Morgan fingerprint density at radius 3 is 2.23 bits per heavy atom. The van der Waals surface area contributed by atoms with Gasteiger partial charge in [0, 0.05) is 17.4 Å². The molecule has 0 amide bonds. The van der Waals surface area contributed by atoms with Crippen molar-refractivity contribution in [2.45, 2.75) is 32.6 Å². The molecule has 0 radical (unpaired) electrons. The first kappa shape index (κ1) is 21.4. The van der Waals surface area contributed by atoms with Crippen molar-refractivity contribution < 1.29 is 19.1 Å². The SMILES string of the molecule is COC(=O)Cc1c(C(=O)OC)cn(-c2cccc(C(C)(C)C)c2)c1-c1ccccc1. The van der Waals surface area contributed by atoms with Crippen LogP contribution in [-0.2, 0) is 26.1 Å². The van der Waals surface area contributed by atoms with E-state index in [4.69, 9.17) is 9.47 Å². The van der Waals surface area contributed by atoms with E-state index in [0.717, 1.165) is 16.9 Å². The lowest BCUT2D eigenvalue weighted by atomic mass is 9.87. The van der Waals surface area contributed by atoms with Crippen LogP contribution in [0.5, 0.6) is 0 Å². The Bertz CT molecular complexity index is 1060. The second-order valence-corrected chi connectivity index (χ2v) is 8.15. The molecule has 0 N–H and O–H groups in total. The largest absolute Gasteiger partial charge is 0.469 e. The first-order valence-corrected chi connectivity index (χ1v) is 9.82. The highest BCUT2D eigenvalue weighted by Gasteiger charge is 2.26. The Hall–Kier alpha value is -3.34. The highest BCUT2D eigenvalue weighted by molar-refractivity contribution is 5.96. The van der Waals surface area contributed by atoms with E-state index in [9.17, 15) is 9.59 Å². The molecule has 156 valence electrons. The van der Waals surface area contributed by atoms with Crippen LogP contribution in [0.25, 0.3) is 16.9 Å². The number of rotatable bonds is 5. The summed E-state index contributed by atoms with van der Waals surface area (Å²) in [7, 11) is 2.68. The van der Waals surface area contributed by atoms with Gasteiger partial charge in [0.25, 0.3) is 0 Å². The van der Waals surface area contributed by atoms with Crippen molar-refractivity contribution in [1.82, 2.24) is 4.57 Å². The fraction of sp³-hybridized carbons (Fsp3) is 0.280. The monoisotopic (exact) mass is 405 g/mol. The number of aromatic nitrogens is 1. The summed E-state index contributed by atoms with van der Waals surface area (Å²) in [5, 5.41) is 0. The van der Waals surface area contributed by atoms with E-state index in [1.807, 2.05) is 47.0 Å². The van der Waals surface area contributed by atoms with Gasteiger partial charge in [-0.25, -0.2) is 4.79 Å². The fourth-order valence-electron chi connectivity index (χ4n) is 3.46. The average Bonchev–Trinajstić information content (AvgIpc) is 3.12. The molecule has 0 aliphatic carbocycles. The molecule has 0 spiro atoms. The van der Waals surface area contributed by atoms with E-state index >= 15 is 0 Å². The van der Waals surface area contributed by atoms with Gasteiger partial charge in [-0.3, -0.25) is 4.79 Å². The highest BCUT2D eigenvalue weighted by Crippen LogP contribution is 2.34. The molecule has 3 aromatic rings. The van der Waals surface area contributed by atoms with Gasteiger partial charge in [0.1, 0.15) is 0 Å². The highest BCUT2D eigenvalue weighted by atomic mass is 16.5. The number of esters is 2. The lowest BCUT2D eigenvalue weighted by Gasteiger charge is -2.21. The fourth-order valence-corrected chi connectivity index (χ4v) is 3.46. The molecule has 0 unspecified atom stereocenters. The second kappa shape index (κ2) is 8.57. The Balaban J connectivity index is 2.32. The maximum Gasteiger partial charge on any atom is 0.339 e. The molecule has 0 fully saturated rings. The normalized spacial score (nSPS) is 11.2. The van der Waals surface area contributed by atoms with E-state index in [1.54, 1.807) is 6.20 Å². The second-order valence-electron chi connectivity index (χ2n) is 8.15. The lowest BCUT2D eigenvalue weighted by molar-refractivity contribution is -0.139. The predicted octanol–water partition coefficient (Wildman–Crippen LogP) is 4.94. The van der Waals surface area contributed by atoms with Crippen molar-refractivity contribution in [3.8, 4) is 16.9 Å². The quantitative estimate of drug-likeness (QED) is 0.564. The molecule has 5 nitrogen and oxygen atoms in total. The maximum absolute atomic E-state index is 12.6. The lowest BCUT2D eigenvalue weighted by Crippen LogP contribution is -2.11. The third-order valence-corrected chi connectivity index (χ3v) is 5.10. The number of benzene rings is 2. The topological polar surface area (TPSA) is 57.5 Å². The van der Waals surface area contributed by atoms with Crippen LogP contribution in [0.3, 0.4) is 0 Å². The van der Waals surface area contributed by atoms with E-state index in [1.165, 1.54) is 19.8 Å². The molecule has 0 aliphatic rings. The number of nitrogens with zero attached hydrogens (tertiary/aromatic N) is 1. The van der Waals surface area contributed by atoms with Gasteiger partial charge in [-0.05, 0) is 28.7 Å². The van der Waals surface area contributed by atoms with E-state index in [-0.39, 0.29) is 11.8 Å². The summed E-state index contributed by atoms with van der Waals surface area (Å²) in [6.07, 6.45) is 1.71. The smallest absolute Gasteiger partial charge is 0.339 e. The molecule has 1 heterocycles. The van der Waals surface area contributed by atoms with Crippen molar-refractivity contribution in [2.75, 3.05) is 14.2 Å². The van der Waals surface area contributed by atoms with Crippen LogP contribution in [0.2, 0.25) is 0 Å². The number of hydrogen-bond acceptors (Lipinski definition) is 4. The first-order chi connectivity index (χ1) is 14.3. The van der Waals surface area contributed by atoms with Crippen LogP contribution in [-0.4, -0.2) is 30.7 Å². The Labute approximate surface area is 177 Å². The minimum Gasteiger partial charge on any atom is -0.469 e. The van der Waals surface area contributed by atoms with Gasteiger partial charge in [0.2, 0.25) is 0 Å². The van der Waals surface area contributed by atoms with Crippen LogP contribution in [0.4, 0.5) is 0 Å². The first-order valence-electron chi connectivity index (χ1n) is 9.82. The van der Waals surface area contributed by atoms with Gasteiger partial charge in [-0.15, -0.1) is 0 Å². The number of ether oxygens (including phenoxy) is 2. The summed E-state index contributed by atoms with van der Waals surface area (Å²) in [5.74, 6) is -0.907. The molecular formula is C25H27NO4. The Morgan fingerprint density at radius 2 is 1.63 bits per heavy atom. The van der Waals surface area contributed by atoms with Gasteiger partial charge in [0.15, 0.2) is 0 Å². The number of carbonyl (C=O) groups excluding carboxylic acids is 2. The Morgan fingerprint density at radius 1 is 0.933 bits per heavy atom. The predicted molar refractivity (Wildman–Crippen MR) is 117 cm³/mol. The van der Waals surface area contributed by atoms with Gasteiger partial charge in [-0.1, -0.05) is 63.2 Å². The zero-order chi connectivity index (χ0) is 21.9. The summed E-state index contributed by atoms with van der Waals surface area (Å²) in [6.45, 7) is 6.47. The third kappa shape index (κ3) is 4.30. The average molecular weight is 405 g/mol. The maximum atomic E-state index is 12.6. The molecule has 5 heteroatoms. The molecule has 0 atom stereocenters. The molecule has 0 saturated carbocycles. The zero-order valence-corrected chi connectivity index (χ0v) is 18.1. The van der Waals surface area contributed by atoms with Crippen LogP contribution in [0.15, 0.2) is 60.8 Å². The minimum absolute atomic E-state index is 0.0306. The van der Waals surface area contributed by atoms with Crippen LogP contribution >= 0.6 is 0 Å². The van der Waals surface area contributed by atoms with Gasteiger partial charge < -0.3 is 14.0 Å².